The number of hydrogen-bond acceptors (Lipinski definition) is 3. The minimum absolute atomic E-state index is 0.233. The average Bonchev–Trinajstić information content (AvgIpc) is 2.56. The molecule has 0 unspecified atom stereocenters. The Kier molecular flexibility index (Phi) is 3.44. The lowest BCUT2D eigenvalue weighted by Gasteiger charge is -1.99. The second-order valence-electron chi connectivity index (χ2n) is 2.57. The molecule has 0 fully saturated rings. The largest absolute Gasteiger partial charge is 0.441 e. The Morgan fingerprint density at radius 1 is 1.54 bits per heavy atom. The number of nitrogens with one attached hydrogen (secondary N) is 1. The minimum atomic E-state index is -3.60. The van der Waals surface area contributed by atoms with Crippen LogP contribution in [0.1, 0.15) is 19.8 Å². The van der Waals surface area contributed by atoms with Crippen molar-refractivity contribution in [3.63, 3.8) is 0 Å². The van der Waals surface area contributed by atoms with Gasteiger partial charge >= 0.3 is 10.3 Å². The summed E-state index contributed by atoms with van der Waals surface area (Å²) in [6, 6.07) is 0. The van der Waals surface area contributed by atoms with Gasteiger partial charge in [-0.15, -0.1) is 3.97 Å². The van der Waals surface area contributed by atoms with Gasteiger partial charge in [0.25, 0.3) is 6.33 Å². The smallest absolute Gasteiger partial charge is 0.249 e. The number of aromatic nitrogens is 2. The molecule has 74 valence electrons. The number of rotatable bonds is 5. The SMILES string of the molecule is CCCCOS(=O)(=O)[n+]1cc[nH]c1. The summed E-state index contributed by atoms with van der Waals surface area (Å²) in [6.45, 7) is 2.20. The second kappa shape index (κ2) is 4.38. The Hall–Kier alpha value is -0.880. The first kappa shape index (κ1) is 10.2. The van der Waals surface area contributed by atoms with Crippen molar-refractivity contribution < 1.29 is 16.6 Å². The van der Waals surface area contributed by atoms with Gasteiger partial charge in [0.15, 0.2) is 0 Å². The van der Waals surface area contributed by atoms with Gasteiger partial charge in [0.05, 0.1) is 6.61 Å². The molecule has 0 aliphatic rings. The zero-order valence-electron chi connectivity index (χ0n) is 7.43. The van der Waals surface area contributed by atoms with Crippen LogP contribution < -0.4 is 3.97 Å². The maximum atomic E-state index is 11.3. The van der Waals surface area contributed by atoms with Gasteiger partial charge in [0, 0.05) is 0 Å². The highest BCUT2D eigenvalue weighted by atomic mass is 32.2. The molecule has 0 aliphatic carbocycles. The Balaban J connectivity index is 2.58. The summed E-state index contributed by atoms with van der Waals surface area (Å²) in [6.07, 6.45) is 5.88. The summed E-state index contributed by atoms with van der Waals surface area (Å²) in [4.78, 5) is 2.63. The first-order valence-corrected chi connectivity index (χ1v) is 5.47. The lowest BCUT2D eigenvalue weighted by Crippen LogP contribution is -2.41. The van der Waals surface area contributed by atoms with Crippen LogP contribution in [0.15, 0.2) is 18.7 Å². The molecule has 0 saturated carbocycles. The van der Waals surface area contributed by atoms with E-state index < -0.39 is 10.3 Å². The van der Waals surface area contributed by atoms with E-state index in [0.29, 0.717) is 0 Å². The van der Waals surface area contributed by atoms with Crippen molar-refractivity contribution in [1.82, 2.24) is 4.98 Å². The predicted molar refractivity (Wildman–Crippen MR) is 46.2 cm³/mol. The first-order chi connectivity index (χ1) is 6.17. The van der Waals surface area contributed by atoms with Crippen molar-refractivity contribution in [1.29, 1.82) is 0 Å². The van der Waals surface area contributed by atoms with Crippen molar-refractivity contribution in [2.24, 2.45) is 0 Å². The number of H-pyrrole nitrogens is 1. The van der Waals surface area contributed by atoms with Crippen molar-refractivity contribution in [2.75, 3.05) is 6.61 Å². The normalized spacial score (nSPS) is 11.8. The molecule has 6 heteroatoms. The lowest BCUT2D eigenvalue weighted by molar-refractivity contribution is -0.518. The molecule has 1 rings (SSSR count). The Morgan fingerprint density at radius 2 is 2.31 bits per heavy atom. The zero-order chi connectivity index (χ0) is 9.73. The first-order valence-electron chi connectivity index (χ1n) is 4.11. The van der Waals surface area contributed by atoms with Crippen LogP contribution in [-0.4, -0.2) is 20.0 Å². The van der Waals surface area contributed by atoms with Crippen molar-refractivity contribution in [3.05, 3.63) is 18.7 Å². The molecule has 13 heavy (non-hydrogen) atoms. The molecule has 0 amide bonds. The van der Waals surface area contributed by atoms with Crippen molar-refractivity contribution in [2.45, 2.75) is 19.8 Å². The monoisotopic (exact) mass is 205 g/mol. The van der Waals surface area contributed by atoms with E-state index in [9.17, 15) is 8.42 Å². The fraction of sp³-hybridized carbons (Fsp3) is 0.571. The van der Waals surface area contributed by atoms with Gasteiger partial charge in [-0.25, -0.2) is 9.17 Å². The third-order valence-corrected chi connectivity index (χ3v) is 2.72. The van der Waals surface area contributed by atoms with Gasteiger partial charge in [-0.1, -0.05) is 13.3 Å². The molecular formula is C7H13N2O3S+. The van der Waals surface area contributed by atoms with Crippen LogP contribution in [0.5, 0.6) is 0 Å². The van der Waals surface area contributed by atoms with Crippen LogP contribution in [0.25, 0.3) is 0 Å². The Bertz CT molecular complexity index is 331. The van der Waals surface area contributed by atoms with Gasteiger partial charge in [0.1, 0.15) is 12.4 Å². The van der Waals surface area contributed by atoms with Gasteiger partial charge in [-0.3, -0.25) is 0 Å². The van der Waals surface area contributed by atoms with Gasteiger partial charge < -0.3 is 0 Å². The zero-order valence-corrected chi connectivity index (χ0v) is 8.25. The minimum Gasteiger partial charge on any atom is -0.249 e. The van der Waals surface area contributed by atoms with Crippen LogP contribution >= 0.6 is 0 Å². The summed E-state index contributed by atoms with van der Waals surface area (Å²) < 4.78 is 28.3. The fourth-order valence-corrected chi connectivity index (χ4v) is 1.63. The maximum absolute atomic E-state index is 11.3. The van der Waals surface area contributed by atoms with E-state index in [0.717, 1.165) is 16.8 Å². The number of unbranched alkanes of at least 4 members (excludes halogenated alkanes) is 1. The van der Waals surface area contributed by atoms with E-state index in [-0.39, 0.29) is 6.61 Å². The van der Waals surface area contributed by atoms with E-state index >= 15 is 0 Å². The number of imidazole rings is 1. The quantitative estimate of drug-likeness (QED) is 0.552. The summed E-state index contributed by atoms with van der Waals surface area (Å²) in [5.41, 5.74) is 0. The van der Waals surface area contributed by atoms with E-state index in [1.54, 1.807) is 0 Å². The highest BCUT2D eigenvalue weighted by Gasteiger charge is 2.18. The lowest BCUT2D eigenvalue weighted by atomic mass is 10.4. The highest BCUT2D eigenvalue weighted by Crippen LogP contribution is 1.93. The van der Waals surface area contributed by atoms with Crippen LogP contribution in [0.2, 0.25) is 0 Å². The maximum Gasteiger partial charge on any atom is 0.441 e. The standard InChI is InChI=1S/C7H12N2O3S/c1-2-3-6-12-13(10,11)9-5-4-8-7-9/h4-5,7H,2-3,6H2,1H3/p+1. The van der Waals surface area contributed by atoms with E-state index in [2.05, 4.69) is 4.98 Å². The summed E-state index contributed by atoms with van der Waals surface area (Å²) in [5.74, 6) is 0. The molecular weight excluding hydrogens is 192 g/mol. The number of hydrogen-bond donors (Lipinski definition) is 1. The van der Waals surface area contributed by atoms with Gasteiger partial charge in [0.2, 0.25) is 0 Å². The Labute approximate surface area is 77.6 Å². The third kappa shape index (κ3) is 2.82. The molecule has 0 spiro atoms. The van der Waals surface area contributed by atoms with Crippen LogP contribution in [0, 0.1) is 0 Å². The van der Waals surface area contributed by atoms with E-state index in [1.165, 1.54) is 18.7 Å². The summed E-state index contributed by atoms with van der Waals surface area (Å²) in [7, 11) is -3.60. The Morgan fingerprint density at radius 3 is 2.85 bits per heavy atom. The number of aromatic amines is 1. The molecule has 5 nitrogen and oxygen atoms in total. The summed E-state index contributed by atoms with van der Waals surface area (Å²) in [5, 5.41) is 0. The van der Waals surface area contributed by atoms with Gasteiger partial charge in [-0.2, -0.15) is 8.42 Å². The third-order valence-electron chi connectivity index (χ3n) is 1.51. The molecule has 0 saturated heterocycles. The second-order valence-corrected chi connectivity index (χ2v) is 4.09. The highest BCUT2D eigenvalue weighted by molar-refractivity contribution is 7.80. The van der Waals surface area contributed by atoms with E-state index in [4.69, 9.17) is 4.18 Å². The van der Waals surface area contributed by atoms with Crippen LogP contribution in [-0.2, 0) is 14.5 Å². The van der Waals surface area contributed by atoms with Gasteiger partial charge in [-0.05, 0) is 6.42 Å². The molecule has 1 aromatic heterocycles. The van der Waals surface area contributed by atoms with Crippen molar-refractivity contribution >= 4 is 10.3 Å². The molecule has 1 aromatic rings. The molecule has 0 atom stereocenters. The fourth-order valence-electron chi connectivity index (χ4n) is 0.785. The van der Waals surface area contributed by atoms with Crippen molar-refractivity contribution in [3.8, 4) is 0 Å². The average molecular weight is 205 g/mol. The van der Waals surface area contributed by atoms with Crippen LogP contribution in [0.3, 0.4) is 0 Å². The summed E-state index contributed by atoms with van der Waals surface area (Å²) >= 11 is 0. The molecule has 0 aliphatic heterocycles. The molecule has 0 aromatic carbocycles. The predicted octanol–water partition coefficient (Wildman–Crippen LogP) is 0.212. The topological polar surface area (TPSA) is 63.0 Å². The van der Waals surface area contributed by atoms with Crippen LogP contribution in [0.4, 0.5) is 0 Å². The van der Waals surface area contributed by atoms with E-state index in [1.807, 2.05) is 6.92 Å². The molecule has 0 radical (unpaired) electrons. The molecule has 1 N–H and O–H groups in total. The number of nitrogens with zero attached hydrogens (tertiary/aromatic N) is 1. The molecule has 0 bridgehead atoms. The molecule has 1 heterocycles.